The van der Waals surface area contributed by atoms with E-state index in [-0.39, 0.29) is 18.4 Å². The molecule has 1 saturated heterocycles. The van der Waals surface area contributed by atoms with Crippen molar-refractivity contribution in [3.05, 3.63) is 23.8 Å². The van der Waals surface area contributed by atoms with Crippen molar-refractivity contribution >= 4 is 5.97 Å². The molecule has 1 fully saturated rings. The van der Waals surface area contributed by atoms with Crippen LogP contribution in [0.15, 0.2) is 18.2 Å². The first-order valence-electron chi connectivity index (χ1n) is 7.20. The molecule has 0 N–H and O–H groups in total. The molecule has 0 unspecified atom stereocenters. The molecule has 0 aliphatic carbocycles. The van der Waals surface area contributed by atoms with Gasteiger partial charge in [-0.2, -0.15) is 0 Å². The van der Waals surface area contributed by atoms with Crippen LogP contribution < -0.4 is 21.9 Å². The van der Waals surface area contributed by atoms with Crippen LogP contribution >= 0.6 is 0 Å². The summed E-state index contributed by atoms with van der Waals surface area (Å²) in [5, 5.41) is 0. The van der Waals surface area contributed by atoms with Gasteiger partial charge in [-0.05, 0) is 18.2 Å². The van der Waals surface area contributed by atoms with Crippen molar-refractivity contribution in [1.82, 2.24) is 4.90 Å². The van der Waals surface area contributed by atoms with E-state index in [1.807, 2.05) is 0 Å². The summed E-state index contributed by atoms with van der Waals surface area (Å²) in [5.41, 5.74) is 0.487. The third kappa shape index (κ3) is 4.25. The van der Waals surface area contributed by atoms with Gasteiger partial charge in [-0.3, -0.25) is 4.90 Å². The molecule has 0 aromatic heterocycles. The predicted octanol–water partition coefficient (Wildman–Crippen LogP) is -2.05. The number of benzene rings is 1. The second kappa shape index (κ2) is 8.22. The number of hydrogen-bond acceptors (Lipinski definition) is 6. The average Bonchev–Trinajstić information content (AvgIpc) is 2.55. The van der Waals surface area contributed by atoms with Crippen LogP contribution in [0.2, 0.25) is 0 Å². The molecule has 2 aliphatic heterocycles. The van der Waals surface area contributed by atoms with Crippen molar-refractivity contribution < 1.29 is 36.1 Å². The number of esters is 1. The Hall–Kier alpha value is -1.50. The van der Waals surface area contributed by atoms with Gasteiger partial charge in [0.2, 0.25) is 0 Å². The number of nitrogens with zero attached hydrogens (tertiary/aromatic N) is 1. The summed E-state index contributed by atoms with van der Waals surface area (Å²) >= 11 is 0. The maximum atomic E-state index is 12.0. The van der Waals surface area contributed by atoms with E-state index in [1.54, 1.807) is 18.2 Å². The number of halogens is 1. The highest BCUT2D eigenvalue weighted by atomic mass is 35.5. The smallest absolute Gasteiger partial charge is 0.338 e. The van der Waals surface area contributed by atoms with E-state index in [9.17, 15) is 4.79 Å². The fourth-order valence-electron chi connectivity index (χ4n) is 2.35. The molecule has 0 bridgehead atoms. The lowest BCUT2D eigenvalue weighted by molar-refractivity contribution is -0.0000377. The molecule has 6 nitrogen and oxygen atoms in total. The third-order valence-corrected chi connectivity index (χ3v) is 3.52. The Morgan fingerprint density at radius 1 is 1.09 bits per heavy atom. The van der Waals surface area contributed by atoms with Gasteiger partial charge in [0, 0.05) is 19.6 Å². The highest BCUT2D eigenvalue weighted by Gasteiger charge is 2.16. The van der Waals surface area contributed by atoms with Crippen molar-refractivity contribution in [3.63, 3.8) is 0 Å². The minimum atomic E-state index is -0.333. The summed E-state index contributed by atoms with van der Waals surface area (Å²) in [6.45, 7) is 5.43. The topological polar surface area (TPSA) is 57.2 Å². The summed E-state index contributed by atoms with van der Waals surface area (Å²) in [7, 11) is 0. The molecular formula is C15H19ClNO5-. The van der Waals surface area contributed by atoms with Crippen molar-refractivity contribution in [3.8, 4) is 11.5 Å². The standard InChI is InChI=1S/C15H19NO5.ClH/c17-15(21-8-5-16-3-6-18-7-4-16)12-1-2-13-14(11-12)20-10-9-19-13;/h1-2,11H,3-10H2;1H/p-1. The Morgan fingerprint density at radius 2 is 1.82 bits per heavy atom. The van der Waals surface area contributed by atoms with Gasteiger partial charge in [-0.1, -0.05) is 0 Å². The first-order chi connectivity index (χ1) is 10.3. The Balaban J connectivity index is 0.00000176. The molecule has 0 amide bonds. The molecule has 0 saturated carbocycles. The van der Waals surface area contributed by atoms with Crippen LogP contribution in [-0.2, 0) is 9.47 Å². The lowest BCUT2D eigenvalue weighted by atomic mass is 10.2. The zero-order valence-corrected chi connectivity index (χ0v) is 13.0. The largest absolute Gasteiger partial charge is 1.00 e. The van der Waals surface area contributed by atoms with Gasteiger partial charge >= 0.3 is 5.97 Å². The molecule has 1 aromatic rings. The number of morpholine rings is 1. The minimum absolute atomic E-state index is 0. The number of hydrogen-bond donors (Lipinski definition) is 0. The second-order valence-corrected chi connectivity index (χ2v) is 4.95. The molecular weight excluding hydrogens is 310 g/mol. The summed E-state index contributed by atoms with van der Waals surface area (Å²) in [5.74, 6) is 0.940. The van der Waals surface area contributed by atoms with Gasteiger partial charge < -0.3 is 31.4 Å². The van der Waals surface area contributed by atoms with Gasteiger partial charge in [0.1, 0.15) is 19.8 Å². The number of carbonyl (C=O) groups is 1. The summed E-state index contributed by atoms with van der Waals surface area (Å²) in [4.78, 5) is 14.2. The Labute approximate surface area is 135 Å². The van der Waals surface area contributed by atoms with Crippen LogP contribution in [-0.4, -0.2) is 63.5 Å². The fraction of sp³-hybridized carbons (Fsp3) is 0.533. The second-order valence-electron chi connectivity index (χ2n) is 4.95. The third-order valence-electron chi connectivity index (χ3n) is 3.52. The van der Waals surface area contributed by atoms with Crippen molar-refractivity contribution in [2.24, 2.45) is 0 Å². The van der Waals surface area contributed by atoms with Crippen LogP contribution in [0.1, 0.15) is 10.4 Å². The molecule has 122 valence electrons. The van der Waals surface area contributed by atoms with Crippen molar-refractivity contribution in [1.29, 1.82) is 0 Å². The van der Waals surface area contributed by atoms with Crippen LogP contribution in [0.3, 0.4) is 0 Å². The predicted molar refractivity (Wildman–Crippen MR) is 75.0 cm³/mol. The van der Waals surface area contributed by atoms with Gasteiger partial charge in [-0.15, -0.1) is 0 Å². The highest BCUT2D eigenvalue weighted by Crippen LogP contribution is 2.30. The molecule has 1 aromatic carbocycles. The van der Waals surface area contributed by atoms with Crippen molar-refractivity contribution in [2.75, 3.05) is 52.7 Å². The normalized spacial score (nSPS) is 17.5. The first-order valence-corrected chi connectivity index (χ1v) is 7.20. The molecule has 0 atom stereocenters. The average molecular weight is 329 g/mol. The van der Waals surface area contributed by atoms with E-state index in [2.05, 4.69) is 4.90 Å². The lowest BCUT2D eigenvalue weighted by Crippen LogP contribution is -3.00. The van der Waals surface area contributed by atoms with E-state index in [0.29, 0.717) is 36.9 Å². The van der Waals surface area contributed by atoms with E-state index >= 15 is 0 Å². The van der Waals surface area contributed by atoms with Crippen LogP contribution in [0, 0.1) is 0 Å². The Morgan fingerprint density at radius 3 is 2.59 bits per heavy atom. The number of ether oxygens (including phenoxy) is 4. The number of carbonyl (C=O) groups excluding carboxylic acids is 1. The van der Waals surface area contributed by atoms with Gasteiger partial charge in [0.05, 0.1) is 18.8 Å². The van der Waals surface area contributed by atoms with Crippen LogP contribution in [0.4, 0.5) is 0 Å². The van der Waals surface area contributed by atoms with Crippen LogP contribution in [0.5, 0.6) is 11.5 Å². The molecule has 3 rings (SSSR count). The number of fused-ring (bicyclic) bond motifs is 1. The molecule has 0 radical (unpaired) electrons. The zero-order chi connectivity index (χ0) is 14.5. The summed E-state index contributed by atoms with van der Waals surface area (Å²) in [6, 6.07) is 5.11. The maximum Gasteiger partial charge on any atom is 0.338 e. The lowest BCUT2D eigenvalue weighted by Gasteiger charge is -2.26. The van der Waals surface area contributed by atoms with E-state index in [1.165, 1.54) is 0 Å². The van der Waals surface area contributed by atoms with E-state index in [0.717, 1.165) is 32.8 Å². The highest BCUT2D eigenvalue weighted by molar-refractivity contribution is 5.90. The fourth-order valence-corrected chi connectivity index (χ4v) is 2.35. The van der Waals surface area contributed by atoms with E-state index < -0.39 is 0 Å². The Bertz CT molecular complexity index is 505. The maximum absolute atomic E-state index is 12.0. The Kier molecular flexibility index (Phi) is 6.30. The molecule has 2 heterocycles. The molecule has 22 heavy (non-hydrogen) atoms. The van der Waals surface area contributed by atoms with Gasteiger partial charge in [-0.25, -0.2) is 4.79 Å². The number of rotatable bonds is 4. The summed E-state index contributed by atoms with van der Waals surface area (Å²) < 4.78 is 21.5. The monoisotopic (exact) mass is 328 g/mol. The minimum Gasteiger partial charge on any atom is -1.00 e. The zero-order valence-electron chi connectivity index (χ0n) is 12.3. The molecule has 0 spiro atoms. The van der Waals surface area contributed by atoms with Crippen molar-refractivity contribution in [2.45, 2.75) is 0 Å². The quantitative estimate of drug-likeness (QED) is 0.593. The molecule has 7 heteroatoms. The molecule has 2 aliphatic rings. The van der Waals surface area contributed by atoms with Crippen LogP contribution in [0.25, 0.3) is 0 Å². The first kappa shape index (κ1) is 16.9. The van der Waals surface area contributed by atoms with E-state index in [4.69, 9.17) is 18.9 Å². The van der Waals surface area contributed by atoms with Gasteiger partial charge in [0.15, 0.2) is 11.5 Å². The summed E-state index contributed by atoms with van der Waals surface area (Å²) in [6.07, 6.45) is 0. The SMILES string of the molecule is O=C(OCCN1CCOCC1)c1ccc2c(c1)OCCO2.[Cl-]. The van der Waals surface area contributed by atoms with Gasteiger partial charge in [0.25, 0.3) is 0 Å².